The first-order chi connectivity index (χ1) is 7.15. The molecule has 0 bridgehead atoms. The van der Waals surface area contributed by atoms with Crippen molar-refractivity contribution in [3.05, 3.63) is 24.2 Å². The fourth-order valence-electron chi connectivity index (χ4n) is 1.05. The molecule has 1 aromatic heterocycles. The molecule has 5 nitrogen and oxygen atoms in total. The molecule has 0 fully saturated rings. The van der Waals surface area contributed by atoms with E-state index >= 15 is 0 Å². The molecule has 82 valence electrons. The van der Waals surface area contributed by atoms with Crippen molar-refractivity contribution in [1.82, 2.24) is 4.90 Å². The van der Waals surface area contributed by atoms with Crippen molar-refractivity contribution < 1.29 is 18.7 Å². The number of carbonyl (C=O) groups excluding carboxylic acids is 2. The van der Waals surface area contributed by atoms with Gasteiger partial charge in [0.05, 0.1) is 19.8 Å². The Morgan fingerprint density at radius 2 is 2.27 bits per heavy atom. The van der Waals surface area contributed by atoms with Gasteiger partial charge in [-0.1, -0.05) is 0 Å². The van der Waals surface area contributed by atoms with Crippen LogP contribution in [0.5, 0.6) is 0 Å². The van der Waals surface area contributed by atoms with Crippen LogP contribution in [0.1, 0.15) is 17.0 Å². The number of nitrogens with zero attached hydrogens (tertiary/aromatic N) is 1. The van der Waals surface area contributed by atoms with E-state index < -0.39 is 0 Å². The first-order valence-electron chi connectivity index (χ1n) is 4.51. The van der Waals surface area contributed by atoms with Crippen molar-refractivity contribution >= 4 is 11.9 Å². The second kappa shape index (κ2) is 5.19. The summed E-state index contributed by atoms with van der Waals surface area (Å²) in [7, 11) is 2.92. The molecule has 0 atom stereocenters. The zero-order valence-corrected chi connectivity index (χ0v) is 8.73. The molecule has 0 N–H and O–H groups in total. The maximum Gasteiger partial charge on any atom is 0.307 e. The summed E-state index contributed by atoms with van der Waals surface area (Å²) in [6.45, 7) is 0.312. The maximum absolute atomic E-state index is 11.6. The Bertz CT molecular complexity index is 331. The summed E-state index contributed by atoms with van der Waals surface area (Å²) in [5.74, 6) is -0.319. The normalized spacial score (nSPS) is 9.73. The quantitative estimate of drug-likeness (QED) is 0.695. The van der Waals surface area contributed by atoms with Gasteiger partial charge in [0.1, 0.15) is 0 Å². The lowest BCUT2D eigenvalue weighted by Crippen LogP contribution is -2.28. The van der Waals surface area contributed by atoms with Crippen molar-refractivity contribution in [3.63, 3.8) is 0 Å². The molecule has 1 amide bonds. The lowest BCUT2D eigenvalue weighted by atomic mass is 10.3. The molecule has 0 saturated carbocycles. The van der Waals surface area contributed by atoms with Gasteiger partial charge in [-0.2, -0.15) is 0 Å². The number of amides is 1. The predicted octanol–water partition coefficient (Wildman–Crippen LogP) is 0.915. The van der Waals surface area contributed by atoms with Gasteiger partial charge in [-0.3, -0.25) is 9.59 Å². The minimum atomic E-state index is -0.339. The van der Waals surface area contributed by atoms with Crippen LogP contribution in [0, 0.1) is 0 Å². The summed E-state index contributed by atoms with van der Waals surface area (Å²) in [5, 5.41) is 0. The first kappa shape index (κ1) is 11.3. The molecule has 1 heterocycles. The van der Waals surface area contributed by atoms with Gasteiger partial charge >= 0.3 is 5.97 Å². The van der Waals surface area contributed by atoms with Gasteiger partial charge in [-0.05, 0) is 12.1 Å². The Labute approximate surface area is 87.6 Å². The smallest absolute Gasteiger partial charge is 0.307 e. The highest BCUT2D eigenvalue weighted by Gasteiger charge is 2.14. The molecule has 5 heteroatoms. The molecular weight excluding hydrogens is 198 g/mol. The van der Waals surface area contributed by atoms with Crippen LogP contribution in [0.3, 0.4) is 0 Å². The number of esters is 1. The average Bonchev–Trinajstić information content (AvgIpc) is 2.77. The zero-order chi connectivity index (χ0) is 11.3. The summed E-state index contributed by atoms with van der Waals surface area (Å²) in [4.78, 5) is 23.8. The second-order valence-corrected chi connectivity index (χ2v) is 3.03. The van der Waals surface area contributed by atoms with Gasteiger partial charge < -0.3 is 14.1 Å². The molecule has 0 saturated heterocycles. The Hall–Kier alpha value is -1.78. The molecule has 0 unspecified atom stereocenters. The van der Waals surface area contributed by atoms with E-state index in [1.54, 1.807) is 19.2 Å². The topological polar surface area (TPSA) is 59.8 Å². The van der Waals surface area contributed by atoms with E-state index in [1.165, 1.54) is 18.3 Å². The summed E-state index contributed by atoms with van der Waals surface area (Å²) in [6, 6.07) is 3.22. The van der Waals surface area contributed by atoms with E-state index in [0.717, 1.165) is 0 Å². The average molecular weight is 211 g/mol. The van der Waals surface area contributed by atoms with Gasteiger partial charge in [0.2, 0.25) is 0 Å². The number of methoxy groups -OCH3 is 1. The Morgan fingerprint density at radius 1 is 1.53 bits per heavy atom. The summed E-state index contributed by atoms with van der Waals surface area (Å²) < 4.78 is 9.41. The summed E-state index contributed by atoms with van der Waals surface area (Å²) >= 11 is 0. The molecular formula is C10H13NO4. The Balaban J connectivity index is 2.44. The first-order valence-corrected chi connectivity index (χ1v) is 4.51. The SMILES string of the molecule is COC(=O)CCN(C)C(=O)c1ccco1. The molecule has 1 aromatic rings. The Kier molecular flexibility index (Phi) is 3.91. The molecule has 0 aliphatic carbocycles. The number of hydrogen-bond donors (Lipinski definition) is 0. The Morgan fingerprint density at radius 3 is 2.80 bits per heavy atom. The zero-order valence-electron chi connectivity index (χ0n) is 8.73. The lowest BCUT2D eigenvalue weighted by molar-refractivity contribution is -0.140. The highest BCUT2D eigenvalue weighted by atomic mass is 16.5. The van der Waals surface area contributed by atoms with Crippen LogP contribution in [0.25, 0.3) is 0 Å². The van der Waals surface area contributed by atoms with Crippen LogP contribution in [-0.2, 0) is 9.53 Å². The summed E-state index contributed by atoms with van der Waals surface area (Å²) in [6.07, 6.45) is 1.61. The predicted molar refractivity (Wildman–Crippen MR) is 52.3 cm³/mol. The molecule has 0 aromatic carbocycles. The summed E-state index contributed by atoms with van der Waals surface area (Å²) in [5.41, 5.74) is 0. The monoisotopic (exact) mass is 211 g/mol. The van der Waals surface area contributed by atoms with E-state index in [2.05, 4.69) is 4.74 Å². The highest BCUT2D eigenvalue weighted by molar-refractivity contribution is 5.91. The minimum Gasteiger partial charge on any atom is -0.469 e. The van der Waals surface area contributed by atoms with Gasteiger partial charge in [-0.25, -0.2) is 0 Å². The van der Waals surface area contributed by atoms with Crippen molar-refractivity contribution in [2.75, 3.05) is 20.7 Å². The van der Waals surface area contributed by atoms with Crippen LogP contribution < -0.4 is 0 Å². The third-order valence-electron chi connectivity index (χ3n) is 1.96. The molecule has 1 rings (SSSR count). The molecule has 0 spiro atoms. The maximum atomic E-state index is 11.6. The third kappa shape index (κ3) is 3.12. The number of hydrogen-bond acceptors (Lipinski definition) is 4. The van der Waals surface area contributed by atoms with Crippen molar-refractivity contribution in [2.24, 2.45) is 0 Å². The third-order valence-corrected chi connectivity index (χ3v) is 1.96. The van der Waals surface area contributed by atoms with E-state index in [9.17, 15) is 9.59 Å². The van der Waals surface area contributed by atoms with Crippen LogP contribution in [-0.4, -0.2) is 37.5 Å². The molecule has 0 radical (unpaired) electrons. The fourth-order valence-corrected chi connectivity index (χ4v) is 1.05. The fraction of sp³-hybridized carbons (Fsp3) is 0.400. The van der Waals surface area contributed by atoms with Crippen LogP contribution in [0.2, 0.25) is 0 Å². The van der Waals surface area contributed by atoms with Crippen molar-refractivity contribution in [2.45, 2.75) is 6.42 Å². The van der Waals surface area contributed by atoms with Crippen molar-refractivity contribution in [1.29, 1.82) is 0 Å². The van der Waals surface area contributed by atoms with Crippen LogP contribution in [0.4, 0.5) is 0 Å². The molecule has 15 heavy (non-hydrogen) atoms. The van der Waals surface area contributed by atoms with Gasteiger partial charge in [0.15, 0.2) is 5.76 Å². The van der Waals surface area contributed by atoms with E-state index in [-0.39, 0.29) is 24.1 Å². The van der Waals surface area contributed by atoms with E-state index in [0.29, 0.717) is 6.54 Å². The van der Waals surface area contributed by atoms with Gasteiger partial charge in [0.25, 0.3) is 5.91 Å². The number of rotatable bonds is 4. The number of carbonyl (C=O) groups is 2. The van der Waals surface area contributed by atoms with Crippen LogP contribution in [0.15, 0.2) is 22.8 Å². The largest absolute Gasteiger partial charge is 0.469 e. The van der Waals surface area contributed by atoms with Gasteiger partial charge in [0, 0.05) is 13.6 Å². The minimum absolute atomic E-state index is 0.180. The number of ether oxygens (including phenoxy) is 1. The molecule has 0 aliphatic heterocycles. The van der Waals surface area contributed by atoms with Crippen LogP contribution >= 0.6 is 0 Å². The lowest BCUT2D eigenvalue weighted by Gasteiger charge is -2.14. The van der Waals surface area contributed by atoms with Crippen molar-refractivity contribution in [3.8, 4) is 0 Å². The number of furan rings is 1. The van der Waals surface area contributed by atoms with Gasteiger partial charge in [-0.15, -0.1) is 0 Å². The highest BCUT2D eigenvalue weighted by Crippen LogP contribution is 2.04. The van der Waals surface area contributed by atoms with E-state index in [1.807, 2.05) is 0 Å². The van der Waals surface area contributed by atoms with E-state index in [4.69, 9.17) is 4.42 Å². The molecule has 0 aliphatic rings. The second-order valence-electron chi connectivity index (χ2n) is 3.03. The standard InChI is InChI=1S/C10H13NO4/c1-11(6-5-9(12)14-2)10(13)8-4-3-7-15-8/h3-4,7H,5-6H2,1-2H3.